The molecule has 0 saturated heterocycles. The van der Waals surface area contributed by atoms with Crippen molar-refractivity contribution in [2.45, 2.75) is 10.4 Å². The van der Waals surface area contributed by atoms with Crippen molar-refractivity contribution in [3.8, 4) is 11.5 Å². The summed E-state index contributed by atoms with van der Waals surface area (Å²) in [4.78, 5) is 13.8. The Kier molecular flexibility index (Phi) is 4.87. The van der Waals surface area contributed by atoms with Crippen molar-refractivity contribution in [3.05, 3.63) is 24.3 Å². The van der Waals surface area contributed by atoms with Gasteiger partial charge in [-0.05, 0) is 12.1 Å². The molecule has 0 bridgehead atoms. The Morgan fingerprint density at radius 3 is 2.96 bits per heavy atom. The molecule has 0 fully saturated rings. The van der Waals surface area contributed by atoms with Crippen LogP contribution in [0.1, 0.15) is 0 Å². The minimum absolute atomic E-state index is 0.00812. The molecule has 2 heterocycles. The lowest BCUT2D eigenvalue weighted by molar-refractivity contribution is -0.128. The molecule has 7 nitrogen and oxygen atoms in total. The molecule has 2 N–H and O–H groups in total. The number of benzene rings is 1. The number of amides is 1. The highest BCUT2D eigenvalue weighted by Gasteiger charge is 2.23. The molecule has 2 aromatic rings. The Hall–Kier alpha value is -2.00. The molecular weight excluding hydrogens is 336 g/mol. The first-order chi connectivity index (χ1) is 11.1. The second-order valence-corrected chi connectivity index (χ2v) is 7.20. The molecule has 0 spiro atoms. The highest BCUT2D eigenvalue weighted by molar-refractivity contribution is 8.01. The third-order valence-corrected chi connectivity index (χ3v) is 5.08. The van der Waals surface area contributed by atoms with E-state index in [9.17, 15) is 4.79 Å². The van der Waals surface area contributed by atoms with Crippen LogP contribution in [-0.4, -0.2) is 53.1 Å². The molecule has 1 aliphatic heterocycles. The number of aromatic nitrogens is 2. The van der Waals surface area contributed by atoms with Crippen LogP contribution in [0.4, 0.5) is 5.13 Å². The van der Waals surface area contributed by atoms with Gasteiger partial charge in [0.1, 0.15) is 6.61 Å². The third-order valence-electron chi connectivity index (χ3n) is 3.21. The molecule has 122 valence electrons. The van der Waals surface area contributed by atoms with Crippen LogP contribution in [0.5, 0.6) is 11.5 Å². The fraction of sp³-hybridized carbons (Fsp3) is 0.357. The van der Waals surface area contributed by atoms with E-state index in [0.717, 1.165) is 5.75 Å². The number of fused-ring (bicyclic) bond motifs is 1. The highest BCUT2D eigenvalue weighted by atomic mass is 32.2. The average Bonchev–Trinajstić information content (AvgIpc) is 2.98. The molecule has 23 heavy (non-hydrogen) atoms. The molecule has 1 aromatic heterocycles. The lowest BCUT2D eigenvalue weighted by atomic mass is 10.2. The Balaban J connectivity index is 1.49. The van der Waals surface area contributed by atoms with Gasteiger partial charge in [0.25, 0.3) is 0 Å². The van der Waals surface area contributed by atoms with Gasteiger partial charge >= 0.3 is 0 Å². The summed E-state index contributed by atoms with van der Waals surface area (Å²) in [6.07, 6.45) is -0.180. The highest BCUT2D eigenvalue weighted by Crippen LogP contribution is 2.31. The van der Waals surface area contributed by atoms with Gasteiger partial charge in [-0.2, -0.15) is 0 Å². The molecule has 0 radical (unpaired) electrons. The van der Waals surface area contributed by atoms with Crippen molar-refractivity contribution in [3.63, 3.8) is 0 Å². The zero-order valence-corrected chi connectivity index (χ0v) is 14.1. The number of carbonyl (C=O) groups excluding carboxylic acids is 1. The first-order valence-corrected chi connectivity index (χ1v) is 8.76. The number of nitrogens with two attached hydrogens (primary N) is 1. The molecule has 0 aliphatic carbocycles. The molecule has 9 heteroatoms. The van der Waals surface area contributed by atoms with Crippen LogP contribution < -0.4 is 15.2 Å². The van der Waals surface area contributed by atoms with Gasteiger partial charge in [-0.25, -0.2) is 0 Å². The molecule has 0 saturated carbocycles. The first kappa shape index (κ1) is 15.9. The van der Waals surface area contributed by atoms with E-state index < -0.39 is 0 Å². The number of hydrogen-bond donors (Lipinski definition) is 1. The average molecular weight is 352 g/mol. The van der Waals surface area contributed by atoms with E-state index in [-0.39, 0.29) is 17.8 Å². The fourth-order valence-electron chi connectivity index (χ4n) is 2.07. The summed E-state index contributed by atoms with van der Waals surface area (Å²) in [5.74, 6) is 1.73. The summed E-state index contributed by atoms with van der Waals surface area (Å²) in [6, 6.07) is 7.52. The van der Waals surface area contributed by atoms with Gasteiger partial charge in [-0.1, -0.05) is 35.2 Å². The predicted molar refractivity (Wildman–Crippen MR) is 89.0 cm³/mol. The summed E-state index contributed by atoms with van der Waals surface area (Å²) in [5, 5.41) is 8.00. The van der Waals surface area contributed by atoms with E-state index in [1.54, 1.807) is 11.9 Å². The summed E-state index contributed by atoms with van der Waals surface area (Å²) < 4.78 is 12.2. The van der Waals surface area contributed by atoms with E-state index in [1.807, 2.05) is 24.3 Å². The summed E-state index contributed by atoms with van der Waals surface area (Å²) in [5.41, 5.74) is 5.51. The lowest BCUT2D eigenvalue weighted by Crippen LogP contribution is -2.42. The van der Waals surface area contributed by atoms with Crippen molar-refractivity contribution >= 4 is 34.1 Å². The maximum Gasteiger partial charge on any atom is 0.232 e. The minimum atomic E-state index is -0.180. The second kappa shape index (κ2) is 7.05. The molecule has 1 atom stereocenters. The van der Waals surface area contributed by atoms with Gasteiger partial charge in [-0.15, -0.1) is 10.2 Å². The number of hydrogen-bond acceptors (Lipinski definition) is 8. The fourth-order valence-corrected chi connectivity index (χ4v) is 3.65. The van der Waals surface area contributed by atoms with Crippen molar-refractivity contribution in [2.24, 2.45) is 0 Å². The van der Waals surface area contributed by atoms with Gasteiger partial charge in [0, 0.05) is 7.05 Å². The number of rotatable bonds is 5. The number of carbonyl (C=O) groups is 1. The SMILES string of the molecule is CN(C[C@H]1COc2ccccc2O1)C(=O)CSc1nnc(N)s1. The molecule has 1 aromatic carbocycles. The van der Waals surface area contributed by atoms with E-state index >= 15 is 0 Å². The summed E-state index contributed by atoms with van der Waals surface area (Å²) >= 11 is 2.60. The van der Waals surface area contributed by atoms with Crippen LogP contribution in [-0.2, 0) is 4.79 Å². The number of para-hydroxylation sites is 2. The predicted octanol–water partition coefficient (Wildman–Crippen LogP) is 1.51. The number of nitrogen functional groups attached to an aromatic ring is 1. The first-order valence-electron chi connectivity index (χ1n) is 6.96. The number of anilines is 1. The number of nitrogens with zero attached hydrogens (tertiary/aromatic N) is 3. The monoisotopic (exact) mass is 352 g/mol. The lowest BCUT2D eigenvalue weighted by Gasteiger charge is -2.29. The van der Waals surface area contributed by atoms with E-state index in [2.05, 4.69) is 10.2 Å². The van der Waals surface area contributed by atoms with Crippen molar-refractivity contribution < 1.29 is 14.3 Å². The van der Waals surface area contributed by atoms with Crippen molar-refractivity contribution in [1.29, 1.82) is 0 Å². The second-order valence-electron chi connectivity index (χ2n) is 4.97. The molecule has 1 amide bonds. The number of ether oxygens (including phenoxy) is 2. The third kappa shape index (κ3) is 4.05. The number of likely N-dealkylation sites (N-methyl/N-ethyl adjacent to an activating group) is 1. The normalized spacial score (nSPS) is 16.1. The van der Waals surface area contributed by atoms with Crippen LogP contribution in [0.25, 0.3) is 0 Å². The topological polar surface area (TPSA) is 90.6 Å². The smallest absolute Gasteiger partial charge is 0.232 e. The standard InChI is InChI=1S/C14H16N4O3S2/c1-18(12(19)8-22-14-17-16-13(15)23-14)6-9-7-20-10-4-2-3-5-11(10)21-9/h2-5,9H,6-8H2,1H3,(H2,15,16)/t9-/m0/s1. The van der Waals surface area contributed by atoms with Crippen LogP contribution in [0.3, 0.4) is 0 Å². The van der Waals surface area contributed by atoms with Gasteiger partial charge in [0.05, 0.1) is 12.3 Å². The summed E-state index contributed by atoms with van der Waals surface area (Å²) in [7, 11) is 1.75. The van der Waals surface area contributed by atoms with Gasteiger partial charge < -0.3 is 20.1 Å². The molecule has 3 rings (SSSR count). The Labute approximate surface area is 141 Å². The van der Waals surface area contributed by atoms with Crippen molar-refractivity contribution in [2.75, 3.05) is 31.7 Å². The Bertz CT molecular complexity index is 694. The quantitative estimate of drug-likeness (QED) is 0.816. The molecule has 1 aliphatic rings. The van der Waals surface area contributed by atoms with Crippen LogP contribution in [0.15, 0.2) is 28.6 Å². The zero-order chi connectivity index (χ0) is 16.2. The maximum atomic E-state index is 12.2. The molecular formula is C14H16N4O3S2. The number of thioether (sulfide) groups is 1. The van der Waals surface area contributed by atoms with Gasteiger partial charge in [0.2, 0.25) is 11.0 Å². The Morgan fingerprint density at radius 2 is 2.22 bits per heavy atom. The zero-order valence-electron chi connectivity index (χ0n) is 12.5. The van der Waals surface area contributed by atoms with E-state index in [0.29, 0.717) is 28.4 Å². The largest absolute Gasteiger partial charge is 0.486 e. The van der Waals surface area contributed by atoms with Crippen LogP contribution in [0, 0.1) is 0 Å². The maximum absolute atomic E-state index is 12.2. The van der Waals surface area contributed by atoms with E-state index in [1.165, 1.54) is 23.1 Å². The molecule has 0 unspecified atom stereocenters. The van der Waals surface area contributed by atoms with Gasteiger partial charge in [-0.3, -0.25) is 4.79 Å². The van der Waals surface area contributed by atoms with Crippen LogP contribution >= 0.6 is 23.1 Å². The van der Waals surface area contributed by atoms with Crippen molar-refractivity contribution in [1.82, 2.24) is 15.1 Å². The minimum Gasteiger partial charge on any atom is -0.486 e. The Morgan fingerprint density at radius 1 is 1.43 bits per heavy atom. The van der Waals surface area contributed by atoms with Gasteiger partial charge in [0.15, 0.2) is 21.9 Å². The summed E-state index contributed by atoms with van der Waals surface area (Å²) in [6.45, 7) is 0.890. The van der Waals surface area contributed by atoms with E-state index in [4.69, 9.17) is 15.2 Å². The van der Waals surface area contributed by atoms with Crippen LogP contribution in [0.2, 0.25) is 0 Å².